The van der Waals surface area contributed by atoms with Gasteiger partial charge in [-0.1, -0.05) is 26.0 Å². The Bertz CT molecular complexity index is 445. The molecule has 0 aliphatic heterocycles. The van der Waals surface area contributed by atoms with E-state index in [9.17, 15) is 22.7 Å². The fourth-order valence-corrected chi connectivity index (χ4v) is 1.92. The molecule has 6 heteroatoms. The minimum absolute atomic E-state index is 0.309. The molecule has 20 heavy (non-hydrogen) atoms. The van der Waals surface area contributed by atoms with Gasteiger partial charge in [-0.15, -0.1) is 0 Å². The number of benzene rings is 1. The molecule has 0 spiro atoms. The minimum atomic E-state index is -4.78. The number of nitrogens with two attached hydrogens (primary N) is 1. The molecule has 3 N–H and O–H groups in total. The van der Waals surface area contributed by atoms with Crippen LogP contribution in [0.1, 0.15) is 43.9 Å². The summed E-state index contributed by atoms with van der Waals surface area (Å²) in [7, 11) is 0. The van der Waals surface area contributed by atoms with Crippen molar-refractivity contribution in [1.82, 2.24) is 0 Å². The molecule has 0 aliphatic rings. The maximum absolute atomic E-state index is 13.9. The van der Waals surface area contributed by atoms with Gasteiger partial charge in [-0.05, 0) is 24.8 Å². The molecule has 2 nitrogen and oxygen atoms in total. The molecule has 1 aromatic carbocycles. The van der Waals surface area contributed by atoms with Crippen LogP contribution in [0.2, 0.25) is 0 Å². The van der Waals surface area contributed by atoms with Crippen LogP contribution in [-0.4, -0.2) is 11.2 Å². The first-order valence-electron chi connectivity index (χ1n) is 6.43. The van der Waals surface area contributed by atoms with Crippen molar-refractivity contribution >= 4 is 0 Å². The predicted octanol–water partition coefficient (Wildman–Crippen LogP) is 3.64. The van der Waals surface area contributed by atoms with Crippen molar-refractivity contribution in [3.05, 3.63) is 35.1 Å². The maximum atomic E-state index is 13.9. The van der Waals surface area contributed by atoms with Gasteiger partial charge < -0.3 is 10.8 Å². The summed E-state index contributed by atoms with van der Waals surface area (Å²) < 4.78 is 51.7. The molecule has 0 aromatic heterocycles. The van der Waals surface area contributed by atoms with Gasteiger partial charge in [-0.2, -0.15) is 13.2 Å². The molecule has 0 unspecified atom stereocenters. The molecule has 0 heterocycles. The summed E-state index contributed by atoms with van der Waals surface area (Å²) in [4.78, 5) is 0. The summed E-state index contributed by atoms with van der Waals surface area (Å²) in [5, 5.41) is 9.87. The van der Waals surface area contributed by atoms with E-state index in [1.54, 1.807) is 0 Å². The second kappa shape index (κ2) is 6.54. The molecule has 0 fully saturated rings. The molecule has 114 valence electrons. The molecule has 0 radical (unpaired) electrons. The van der Waals surface area contributed by atoms with Crippen molar-refractivity contribution in [1.29, 1.82) is 0 Å². The van der Waals surface area contributed by atoms with Crippen LogP contribution in [0.5, 0.6) is 0 Å². The summed E-state index contributed by atoms with van der Waals surface area (Å²) in [6.45, 7) is 3.90. The van der Waals surface area contributed by atoms with E-state index in [0.717, 1.165) is 6.07 Å². The molecule has 0 saturated heterocycles. The molecule has 0 saturated carbocycles. The molecule has 0 aliphatic carbocycles. The number of halogens is 4. The van der Waals surface area contributed by atoms with Crippen molar-refractivity contribution in [2.45, 2.75) is 45.0 Å². The summed E-state index contributed by atoms with van der Waals surface area (Å²) in [6, 6.07) is 1.76. The highest BCUT2D eigenvalue weighted by molar-refractivity contribution is 5.30. The van der Waals surface area contributed by atoms with Gasteiger partial charge in [0.15, 0.2) is 0 Å². The van der Waals surface area contributed by atoms with Crippen LogP contribution in [0, 0.1) is 11.7 Å². The highest BCUT2D eigenvalue weighted by Gasteiger charge is 2.36. The lowest BCUT2D eigenvalue weighted by Crippen LogP contribution is -2.28. The van der Waals surface area contributed by atoms with Gasteiger partial charge >= 0.3 is 6.18 Å². The normalized spacial score (nSPS) is 15.4. The first-order valence-corrected chi connectivity index (χ1v) is 6.43. The van der Waals surface area contributed by atoms with Gasteiger partial charge in [0, 0.05) is 5.56 Å². The Hall–Kier alpha value is -1.14. The van der Waals surface area contributed by atoms with Crippen LogP contribution in [0.3, 0.4) is 0 Å². The van der Waals surface area contributed by atoms with E-state index >= 15 is 0 Å². The Morgan fingerprint density at radius 1 is 1.20 bits per heavy atom. The third-order valence-electron chi connectivity index (χ3n) is 3.15. The average molecular weight is 293 g/mol. The van der Waals surface area contributed by atoms with Gasteiger partial charge in [0.2, 0.25) is 0 Å². The standard InChI is InChI=1S/C14H19F4NO/c1-8(2)6-7-11(20)13(19)9-4-3-5-10(12(9)15)14(16,17)18/h3-5,8,11,13,20H,6-7,19H2,1-2H3/t11-,13+/m1/s1. The third kappa shape index (κ3) is 4.18. The Morgan fingerprint density at radius 3 is 2.30 bits per heavy atom. The number of aliphatic hydroxyl groups excluding tert-OH is 1. The third-order valence-corrected chi connectivity index (χ3v) is 3.15. The lowest BCUT2D eigenvalue weighted by Gasteiger charge is -2.21. The second-order valence-corrected chi connectivity index (χ2v) is 5.27. The SMILES string of the molecule is CC(C)CC[C@@H](O)[C@@H](N)c1cccc(C(F)(F)F)c1F. The molecule has 1 rings (SSSR count). The number of aliphatic hydroxyl groups is 1. The van der Waals surface area contributed by atoms with Crippen molar-refractivity contribution in [3.8, 4) is 0 Å². The Labute approximate surface area is 115 Å². The smallest absolute Gasteiger partial charge is 0.391 e. The van der Waals surface area contributed by atoms with E-state index in [0.29, 0.717) is 24.8 Å². The predicted molar refractivity (Wildman–Crippen MR) is 68.4 cm³/mol. The quantitative estimate of drug-likeness (QED) is 0.814. The molecular weight excluding hydrogens is 274 g/mol. The average Bonchev–Trinajstić information content (AvgIpc) is 2.33. The molecule has 0 amide bonds. The van der Waals surface area contributed by atoms with Crippen molar-refractivity contribution in [2.24, 2.45) is 11.7 Å². The van der Waals surface area contributed by atoms with Crippen molar-refractivity contribution in [2.75, 3.05) is 0 Å². The van der Waals surface area contributed by atoms with E-state index in [1.165, 1.54) is 6.07 Å². The Kier molecular flexibility index (Phi) is 5.53. The highest BCUT2D eigenvalue weighted by Crippen LogP contribution is 2.34. The van der Waals surface area contributed by atoms with Gasteiger partial charge in [-0.3, -0.25) is 0 Å². The highest BCUT2D eigenvalue weighted by atomic mass is 19.4. The van der Waals surface area contributed by atoms with Crippen molar-refractivity contribution < 1.29 is 22.7 Å². The number of rotatable bonds is 5. The summed E-state index contributed by atoms with van der Waals surface area (Å²) >= 11 is 0. The molecule has 0 bridgehead atoms. The van der Waals surface area contributed by atoms with E-state index in [-0.39, 0.29) is 5.56 Å². The summed E-state index contributed by atoms with van der Waals surface area (Å²) in [5.41, 5.74) is 4.01. The monoisotopic (exact) mass is 293 g/mol. The number of hydrogen-bond donors (Lipinski definition) is 2. The van der Waals surface area contributed by atoms with Gasteiger partial charge in [0.25, 0.3) is 0 Å². The fraction of sp³-hybridized carbons (Fsp3) is 0.571. The first-order chi connectivity index (χ1) is 9.14. The van der Waals surface area contributed by atoms with Crippen LogP contribution in [0.15, 0.2) is 18.2 Å². The lowest BCUT2D eigenvalue weighted by atomic mass is 9.94. The summed E-state index contributed by atoms with van der Waals surface area (Å²) in [6.07, 6.45) is -4.87. The topological polar surface area (TPSA) is 46.2 Å². The van der Waals surface area contributed by atoms with Gasteiger partial charge in [-0.25, -0.2) is 4.39 Å². The zero-order valence-corrected chi connectivity index (χ0v) is 11.4. The van der Waals surface area contributed by atoms with Crippen LogP contribution < -0.4 is 5.73 Å². The minimum Gasteiger partial charge on any atom is -0.391 e. The number of hydrogen-bond acceptors (Lipinski definition) is 2. The van der Waals surface area contributed by atoms with Crippen molar-refractivity contribution in [3.63, 3.8) is 0 Å². The zero-order valence-electron chi connectivity index (χ0n) is 11.4. The molecule has 1 aromatic rings. The van der Waals surface area contributed by atoms with E-state index < -0.39 is 29.7 Å². The van der Waals surface area contributed by atoms with Crippen LogP contribution >= 0.6 is 0 Å². The zero-order chi connectivity index (χ0) is 15.5. The fourth-order valence-electron chi connectivity index (χ4n) is 1.92. The van der Waals surface area contributed by atoms with Crippen LogP contribution in [0.4, 0.5) is 17.6 Å². The molecule has 2 atom stereocenters. The second-order valence-electron chi connectivity index (χ2n) is 5.27. The first kappa shape index (κ1) is 16.9. The van der Waals surface area contributed by atoms with Crippen LogP contribution in [0.25, 0.3) is 0 Å². The molecular formula is C14H19F4NO. The Morgan fingerprint density at radius 2 is 1.80 bits per heavy atom. The largest absolute Gasteiger partial charge is 0.419 e. The van der Waals surface area contributed by atoms with E-state index in [2.05, 4.69) is 0 Å². The Balaban J connectivity index is 2.96. The summed E-state index contributed by atoms with van der Waals surface area (Å²) in [5.74, 6) is -1.08. The van der Waals surface area contributed by atoms with Gasteiger partial charge in [0.05, 0.1) is 17.7 Å². The van der Waals surface area contributed by atoms with E-state index in [4.69, 9.17) is 5.73 Å². The van der Waals surface area contributed by atoms with E-state index in [1.807, 2.05) is 13.8 Å². The maximum Gasteiger partial charge on any atom is 0.419 e. The van der Waals surface area contributed by atoms with Gasteiger partial charge in [0.1, 0.15) is 5.82 Å². The van der Waals surface area contributed by atoms with Crippen LogP contribution in [-0.2, 0) is 6.18 Å². The lowest BCUT2D eigenvalue weighted by molar-refractivity contribution is -0.140. The number of alkyl halides is 3.